The molecular weight excluding hydrogens is 376 g/mol. The Labute approximate surface area is 156 Å². The Balaban J connectivity index is 1.50. The van der Waals surface area contributed by atoms with Crippen LogP contribution < -0.4 is 10.6 Å². The maximum Gasteiger partial charge on any atom is 0.319 e. The highest BCUT2D eigenvalue weighted by Gasteiger charge is 2.03. The lowest BCUT2D eigenvalue weighted by atomic mass is 10.1. The Bertz CT molecular complexity index is 832. The van der Waals surface area contributed by atoms with Crippen molar-refractivity contribution in [1.82, 2.24) is 5.32 Å². The van der Waals surface area contributed by atoms with Crippen LogP contribution in [0.4, 0.5) is 10.5 Å². The Morgan fingerprint density at radius 3 is 2.16 bits per heavy atom. The summed E-state index contributed by atoms with van der Waals surface area (Å²) in [6.07, 6.45) is 0.780. The van der Waals surface area contributed by atoms with Crippen molar-refractivity contribution in [3.63, 3.8) is 0 Å². The quantitative estimate of drug-likeness (QED) is 0.590. The SMILES string of the molecule is O=C(NCCc1ccccc1Br)Nc1ccc(-c2ccccc2)cc1. The average molecular weight is 395 g/mol. The molecule has 0 unspecified atom stereocenters. The van der Waals surface area contributed by atoms with Crippen LogP contribution in [0, 0.1) is 0 Å². The summed E-state index contributed by atoms with van der Waals surface area (Å²) in [7, 11) is 0. The van der Waals surface area contributed by atoms with Gasteiger partial charge in [0.2, 0.25) is 0 Å². The summed E-state index contributed by atoms with van der Waals surface area (Å²) in [5.74, 6) is 0. The molecule has 0 spiro atoms. The zero-order valence-electron chi connectivity index (χ0n) is 13.7. The second kappa shape index (κ2) is 8.49. The summed E-state index contributed by atoms with van der Waals surface area (Å²) < 4.78 is 1.06. The second-order valence-electron chi connectivity index (χ2n) is 5.67. The molecule has 0 saturated heterocycles. The van der Waals surface area contributed by atoms with Crippen LogP contribution in [-0.4, -0.2) is 12.6 Å². The third kappa shape index (κ3) is 4.94. The van der Waals surface area contributed by atoms with Crippen molar-refractivity contribution in [3.8, 4) is 11.1 Å². The first kappa shape index (κ1) is 17.2. The molecule has 0 bridgehead atoms. The molecule has 2 amide bonds. The number of carbonyl (C=O) groups excluding carboxylic acids is 1. The molecule has 3 rings (SSSR count). The fourth-order valence-corrected chi connectivity index (χ4v) is 3.05. The van der Waals surface area contributed by atoms with Crippen LogP contribution in [0.2, 0.25) is 0 Å². The highest BCUT2D eigenvalue weighted by Crippen LogP contribution is 2.21. The molecule has 3 aromatic rings. The summed E-state index contributed by atoms with van der Waals surface area (Å²) in [6, 6.07) is 25.8. The van der Waals surface area contributed by atoms with Gasteiger partial charge in [0.1, 0.15) is 0 Å². The second-order valence-corrected chi connectivity index (χ2v) is 6.52. The molecular formula is C21H19BrN2O. The number of nitrogens with one attached hydrogen (secondary N) is 2. The first-order valence-corrected chi connectivity index (χ1v) is 8.95. The fourth-order valence-electron chi connectivity index (χ4n) is 2.56. The van der Waals surface area contributed by atoms with Crippen LogP contribution in [0.5, 0.6) is 0 Å². The van der Waals surface area contributed by atoms with Gasteiger partial charge in [0.15, 0.2) is 0 Å². The Morgan fingerprint density at radius 2 is 1.44 bits per heavy atom. The van der Waals surface area contributed by atoms with E-state index in [1.165, 1.54) is 5.56 Å². The number of rotatable bonds is 5. The average Bonchev–Trinajstić information content (AvgIpc) is 2.65. The molecule has 0 aliphatic carbocycles. The molecule has 0 atom stereocenters. The van der Waals surface area contributed by atoms with Crippen LogP contribution in [0.15, 0.2) is 83.3 Å². The largest absolute Gasteiger partial charge is 0.338 e. The molecule has 0 saturated carbocycles. The van der Waals surface area contributed by atoms with Gasteiger partial charge in [-0.2, -0.15) is 0 Å². The fraction of sp³-hybridized carbons (Fsp3) is 0.0952. The molecule has 126 valence electrons. The van der Waals surface area contributed by atoms with Gasteiger partial charge in [0.25, 0.3) is 0 Å². The van der Waals surface area contributed by atoms with E-state index in [9.17, 15) is 4.79 Å². The topological polar surface area (TPSA) is 41.1 Å². The first-order valence-electron chi connectivity index (χ1n) is 8.16. The molecule has 25 heavy (non-hydrogen) atoms. The summed E-state index contributed by atoms with van der Waals surface area (Å²) in [4.78, 5) is 12.0. The van der Waals surface area contributed by atoms with E-state index in [2.05, 4.69) is 38.7 Å². The number of urea groups is 1. The number of hydrogen-bond donors (Lipinski definition) is 2. The lowest BCUT2D eigenvalue weighted by molar-refractivity contribution is 0.252. The lowest BCUT2D eigenvalue weighted by Crippen LogP contribution is -2.30. The molecule has 0 aliphatic rings. The lowest BCUT2D eigenvalue weighted by Gasteiger charge is -2.09. The van der Waals surface area contributed by atoms with Crippen molar-refractivity contribution in [2.75, 3.05) is 11.9 Å². The number of carbonyl (C=O) groups is 1. The predicted molar refractivity (Wildman–Crippen MR) is 107 cm³/mol. The Kier molecular flexibility index (Phi) is 5.86. The third-order valence-corrected chi connectivity index (χ3v) is 4.66. The molecule has 0 fully saturated rings. The van der Waals surface area contributed by atoms with Gasteiger partial charge in [-0.05, 0) is 41.3 Å². The minimum absolute atomic E-state index is 0.195. The number of halogens is 1. The van der Waals surface area contributed by atoms with E-state index in [1.54, 1.807) is 0 Å². The van der Waals surface area contributed by atoms with E-state index in [0.29, 0.717) is 6.54 Å². The smallest absolute Gasteiger partial charge is 0.319 e. The van der Waals surface area contributed by atoms with Crippen molar-refractivity contribution in [1.29, 1.82) is 0 Å². The van der Waals surface area contributed by atoms with Crippen molar-refractivity contribution in [3.05, 3.63) is 88.9 Å². The van der Waals surface area contributed by atoms with Crippen molar-refractivity contribution in [2.24, 2.45) is 0 Å². The van der Waals surface area contributed by atoms with E-state index in [0.717, 1.165) is 27.7 Å². The Hall–Kier alpha value is -2.59. The monoisotopic (exact) mass is 394 g/mol. The van der Waals surface area contributed by atoms with Gasteiger partial charge >= 0.3 is 6.03 Å². The van der Waals surface area contributed by atoms with Crippen LogP contribution >= 0.6 is 15.9 Å². The molecule has 0 aromatic heterocycles. The first-order chi connectivity index (χ1) is 12.2. The van der Waals surface area contributed by atoms with E-state index in [-0.39, 0.29) is 6.03 Å². The predicted octanol–water partition coefficient (Wildman–Crippen LogP) is 5.48. The summed E-state index contributed by atoms with van der Waals surface area (Å²) in [6.45, 7) is 0.580. The normalized spacial score (nSPS) is 10.3. The van der Waals surface area contributed by atoms with E-state index in [1.807, 2.05) is 66.7 Å². The van der Waals surface area contributed by atoms with Gasteiger partial charge in [0, 0.05) is 16.7 Å². The zero-order chi connectivity index (χ0) is 17.5. The maximum absolute atomic E-state index is 12.0. The minimum Gasteiger partial charge on any atom is -0.338 e. The van der Waals surface area contributed by atoms with Crippen LogP contribution in [0.25, 0.3) is 11.1 Å². The van der Waals surface area contributed by atoms with Gasteiger partial charge in [-0.1, -0.05) is 76.6 Å². The molecule has 0 radical (unpaired) electrons. The van der Waals surface area contributed by atoms with Gasteiger partial charge < -0.3 is 10.6 Å². The van der Waals surface area contributed by atoms with Crippen LogP contribution in [0.3, 0.4) is 0 Å². The summed E-state index contributed by atoms with van der Waals surface area (Å²) >= 11 is 3.51. The number of benzene rings is 3. The van der Waals surface area contributed by atoms with Gasteiger partial charge in [0.05, 0.1) is 0 Å². The van der Waals surface area contributed by atoms with Crippen molar-refractivity contribution < 1.29 is 4.79 Å². The van der Waals surface area contributed by atoms with E-state index >= 15 is 0 Å². The standard InChI is InChI=1S/C21H19BrN2O/c22-20-9-5-4-8-18(20)14-15-23-21(25)24-19-12-10-17(11-13-19)16-6-2-1-3-7-16/h1-13H,14-15H2,(H2,23,24,25). The third-order valence-electron chi connectivity index (χ3n) is 3.89. The van der Waals surface area contributed by atoms with Crippen LogP contribution in [0.1, 0.15) is 5.56 Å². The highest BCUT2D eigenvalue weighted by atomic mass is 79.9. The van der Waals surface area contributed by atoms with Gasteiger partial charge in [-0.25, -0.2) is 4.79 Å². The van der Waals surface area contributed by atoms with E-state index < -0.39 is 0 Å². The Morgan fingerprint density at radius 1 is 0.800 bits per heavy atom. The summed E-state index contributed by atoms with van der Waals surface area (Å²) in [5.41, 5.74) is 4.24. The molecule has 0 heterocycles. The minimum atomic E-state index is -0.195. The zero-order valence-corrected chi connectivity index (χ0v) is 15.3. The van der Waals surface area contributed by atoms with Gasteiger partial charge in [-0.3, -0.25) is 0 Å². The molecule has 2 N–H and O–H groups in total. The molecule has 4 heteroatoms. The molecule has 3 aromatic carbocycles. The number of hydrogen-bond acceptors (Lipinski definition) is 1. The van der Waals surface area contributed by atoms with Crippen molar-refractivity contribution in [2.45, 2.75) is 6.42 Å². The molecule has 3 nitrogen and oxygen atoms in total. The van der Waals surface area contributed by atoms with Gasteiger partial charge in [-0.15, -0.1) is 0 Å². The maximum atomic E-state index is 12.0. The number of amides is 2. The highest BCUT2D eigenvalue weighted by molar-refractivity contribution is 9.10. The number of anilines is 1. The van der Waals surface area contributed by atoms with Crippen LogP contribution in [-0.2, 0) is 6.42 Å². The van der Waals surface area contributed by atoms with E-state index in [4.69, 9.17) is 0 Å². The molecule has 0 aliphatic heterocycles. The van der Waals surface area contributed by atoms with Crippen molar-refractivity contribution >= 4 is 27.6 Å². The summed E-state index contributed by atoms with van der Waals surface area (Å²) in [5, 5.41) is 5.74.